The summed E-state index contributed by atoms with van der Waals surface area (Å²) in [5.74, 6) is 1.03. The van der Waals surface area contributed by atoms with Crippen LogP contribution in [-0.4, -0.2) is 24.0 Å². The van der Waals surface area contributed by atoms with Crippen molar-refractivity contribution >= 4 is 0 Å². The minimum Gasteiger partial charge on any atom is -0.297 e. The molecule has 6 aliphatic rings. The lowest BCUT2D eigenvalue weighted by Gasteiger charge is -2.67. The van der Waals surface area contributed by atoms with Crippen LogP contribution in [0.25, 0.3) is 0 Å². The second-order valence-electron chi connectivity index (χ2n) is 10.6. The Bertz CT molecular complexity index is 514. The van der Waals surface area contributed by atoms with Crippen LogP contribution in [-0.2, 0) is 0 Å². The van der Waals surface area contributed by atoms with Crippen molar-refractivity contribution < 1.29 is 0 Å². The van der Waals surface area contributed by atoms with Gasteiger partial charge in [-0.2, -0.15) is 0 Å². The Morgan fingerprint density at radius 3 is 2.36 bits per heavy atom. The Kier molecular flexibility index (Phi) is 2.69. The van der Waals surface area contributed by atoms with Crippen LogP contribution >= 0.6 is 0 Å². The summed E-state index contributed by atoms with van der Waals surface area (Å²) in [5, 5.41) is 0. The predicted octanol–water partition coefficient (Wildman–Crippen LogP) is 5.17. The zero-order valence-corrected chi connectivity index (χ0v) is 14.8. The summed E-state index contributed by atoms with van der Waals surface area (Å²) in [4.78, 5) is 2.69. The highest BCUT2D eigenvalue weighted by Gasteiger charge is 2.61. The number of rotatable bonds is 1. The van der Waals surface area contributed by atoms with E-state index in [4.69, 9.17) is 0 Å². The van der Waals surface area contributed by atoms with Crippen molar-refractivity contribution in [2.75, 3.05) is 7.05 Å². The van der Waals surface area contributed by atoms with E-state index in [1.807, 2.05) is 5.57 Å². The van der Waals surface area contributed by atoms with Crippen LogP contribution in [0.2, 0.25) is 0 Å². The Balaban J connectivity index is 1.55. The van der Waals surface area contributed by atoms with Gasteiger partial charge in [0.2, 0.25) is 0 Å². The molecule has 5 fully saturated rings. The molecule has 0 spiro atoms. The summed E-state index contributed by atoms with van der Waals surface area (Å²) >= 11 is 0. The molecule has 4 unspecified atom stereocenters. The maximum Gasteiger partial charge on any atom is 0.0281 e. The van der Waals surface area contributed by atoms with Crippen molar-refractivity contribution in [3.63, 3.8) is 0 Å². The quantitative estimate of drug-likeness (QED) is 0.604. The summed E-state index contributed by atoms with van der Waals surface area (Å²) in [6, 6.07) is 1.61. The maximum absolute atomic E-state index is 2.76. The monoisotopic (exact) mass is 299 g/mol. The van der Waals surface area contributed by atoms with Crippen LogP contribution in [0.1, 0.15) is 78.1 Å². The summed E-state index contributed by atoms with van der Waals surface area (Å²) < 4.78 is 0. The number of nitrogens with zero attached hydrogens (tertiary/aromatic N) is 1. The molecule has 0 amide bonds. The minimum atomic E-state index is 0.609. The highest BCUT2D eigenvalue weighted by Crippen LogP contribution is 2.72. The van der Waals surface area contributed by atoms with Crippen molar-refractivity contribution in [3.05, 3.63) is 11.6 Å². The average molecular weight is 300 g/mol. The molecule has 0 aromatic heterocycles. The SMILES string of the molecule is CN1C2C=C(C34CC5CC(C)(CC(C)(C5)C3)C4)CC1CCC2. The van der Waals surface area contributed by atoms with E-state index >= 15 is 0 Å². The van der Waals surface area contributed by atoms with Crippen molar-refractivity contribution in [1.82, 2.24) is 4.90 Å². The van der Waals surface area contributed by atoms with Crippen molar-refractivity contribution in [1.29, 1.82) is 0 Å². The molecule has 122 valence electrons. The van der Waals surface area contributed by atoms with E-state index in [0.29, 0.717) is 16.2 Å². The molecular formula is C21H33N. The van der Waals surface area contributed by atoms with E-state index < -0.39 is 0 Å². The number of piperidine rings is 1. The third-order valence-electron chi connectivity index (χ3n) is 8.29. The van der Waals surface area contributed by atoms with E-state index in [1.54, 1.807) is 0 Å². The number of hydrogen-bond acceptors (Lipinski definition) is 1. The number of hydrogen-bond donors (Lipinski definition) is 0. The lowest BCUT2D eigenvalue weighted by atomic mass is 9.38. The molecule has 22 heavy (non-hydrogen) atoms. The standard InChI is InChI=1S/C21H33N/c1-19-9-15-10-20(2,12-19)14-21(11-15,13-19)16-7-17-5-4-6-18(8-16)22(17)3/h7,15,17-18H,4-6,8-14H2,1-3H3. The normalized spacial score (nSPS) is 57.0. The van der Waals surface area contributed by atoms with Gasteiger partial charge in [0.25, 0.3) is 0 Å². The van der Waals surface area contributed by atoms with Gasteiger partial charge in [-0.1, -0.05) is 31.9 Å². The van der Waals surface area contributed by atoms with Crippen LogP contribution in [0.3, 0.4) is 0 Å². The van der Waals surface area contributed by atoms with E-state index in [2.05, 4.69) is 31.9 Å². The number of fused-ring (bicyclic) bond motifs is 2. The fourth-order valence-corrected chi connectivity index (χ4v) is 8.44. The second-order valence-corrected chi connectivity index (χ2v) is 10.6. The van der Waals surface area contributed by atoms with E-state index in [0.717, 1.165) is 18.0 Å². The first kappa shape index (κ1) is 14.1. The molecule has 0 radical (unpaired) electrons. The van der Waals surface area contributed by atoms with E-state index in [-0.39, 0.29) is 0 Å². The summed E-state index contributed by atoms with van der Waals surface area (Å²) in [5.41, 5.74) is 3.85. The van der Waals surface area contributed by atoms with Crippen molar-refractivity contribution in [2.24, 2.45) is 22.2 Å². The maximum atomic E-state index is 2.76. The molecule has 0 N–H and O–H groups in total. The predicted molar refractivity (Wildman–Crippen MR) is 91.7 cm³/mol. The molecule has 1 nitrogen and oxygen atoms in total. The van der Waals surface area contributed by atoms with E-state index in [9.17, 15) is 0 Å². The Hall–Kier alpha value is -0.300. The molecule has 6 bridgehead atoms. The smallest absolute Gasteiger partial charge is 0.0281 e. The Morgan fingerprint density at radius 1 is 1.00 bits per heavy atom. The zero-order chi connectivity index (χ0) is 15.2. The van der Waals surface area contributed by atoms with Gasteiger partial charge >= 0.3 is 0 Å². The molecule has 6 rings (SSSR count). The third-order valence-corrected chi connectivity index (χ3v) is 8.29. The van der Waals surface area contributed by atoms with Gasteiger partial charge in [-0.05, 0) is 87.0 Å². The summed E-state index contributed by atoms with van der Waals surface area (Å²) in [6.07, 6.45) is 17.6. The third kappa shape index (κ3) is 1.87. The van der Waals surface area contributed by atoms with Crippen molar-refractivity contribution in [2.45, 2.75) is 90.1 Å². The molecule has 1 heteroatoms. The van der Waals surface area contributed by atoms with Gasteiger partial charge in [0.05, 0.1) is 0 Å². The van der Waals surface area contributed by atoms with Gasteiger partial charge in [-0.15, -0.1) is 0 Å². The molecule has 2 aliphatic heterocycles. The summed E-state index contributed by atoms with van der Waals surface area (Å²) in [7, 11) is 2.38. The molecule has 0 aromatic carbocycles. The van der Waals surface area contributed by atoms with Crippen LogP contribution in [0.5, 0.6) is 0 Å². The first-order chi connectivity index (χ1) is 10.4. The van der Waals surface area contributed by atoms with E-state index in [1.165, 1.54) is 64.2 Å². The topological polar surface area (TPSA) is 3.24 Å². The number of likely N-dealkylation sites (N-methyl/N-ethyl adjacent to an activating group) is 1. The Morgan fingerprint density at radius 2 is 1.73 bits per heavy atom. The minimum absolute atomic E-state index is 0.609. The lowest BCUT2D eigenvalue weighted by molar-refractivity contribution is -0.132. The van der Waals surface area contributed by atoms with Gasteiger partial charge < -0.3 is 0 Å². The first-order valence-corrected chi connectivity index (χ1v) is 9.82. The highest BCUT2D eigenvalue weighted by molar-refractivity contribution is 5.29. The summed E-state index contributed by atoms with van der Waals surface area (Å²) in [6.45, 7) is 5.25. The van der Waals surface area contributed by atoms with Gasteiger partial charge in [0.1, 0.15) is 0 Å². The molecule has 4 aliphatic carbocycles. The van der Waals surface area contributed by atoms with Crippen LogP contribution < -0.4 is 0 Å². The Labute approximate surface area is 136 Å². The van der Waals surface area contributed by atoms with Crippen LogP contribution in [0, 0.1) is 22.2 Å². The largest absolute Gasteiger partial charge is 0.297 e. The molecule has 4 saturated carbocycles. The van der Waals surface area contributed by atoms with Gasteiger partial charge in [-0.3, -0.25) is 4.90 Å². The van der Waals surface area contributed by atoms with Crippen molar-refractivity contribution in [3.8, 4) is 0 Å². The lowest BCUT2D eigenvalue weighted by Crippen LogP contribution is -2.57. The zero-order valence-electron chi connectivity index (χ0n) is 14.8. The molecule has 1 saturated heterocycles. The van der Waals surface area contributed by atoms with Gasteiger partial charge in [-0.25, -0.2) is 0 Å². The molecular weight excluding hydrogens is 266 g/mol. The fourth-order valence-electron chi connectivity index (χ4n) is 8.44. The second kappa shape index (κ2) is 4.21. The van der Waals surface area contributed by atoms with Gasteiger partial charge in [0, 0.05) is 12.1 Å². The van der Waals surface area contributed by atoms with Crippen LogP contribution in [0.15, 0.2) is 11.6 Å². The first-order valence-electron chi connectivity index (χ1n) is 9.82. The highest BCUT2D eigenvalue weighted by atomic mass is 15.2. The molecule has 4 atom stereocenters. The molecule has 2 heterocycles. The molecule has 0 aromatic rings. The van der Waals surface area contributed by atoms with Gasteiger partial charge in [0.15, 0.2) is 0 Å². The fraction of sp³-hybridized carbons (Fsp3) is 0.905. The van der Waals surface area contributed by atoms with Crippen LogP contribution in [0.4, 0.5) is 0 Å². The average Bonchev–Trinajstić information content (AvgIpc) is 2.33.